The molecule has 1 aromatic heterocycles. The average molecular weight is 365 g/mol. The van der Waals surface area contributed by atoms with Crippen molar-refractivity contribution in [3.8, 4) is 11.5 Å². The second-order valence-corrected chi connectivity index (χ2v) is 6.34. The lowest BCUT2D eigenvalue weighted by molar-refractivity contribution is 0.160. The van der Waals surface area contributed by atoms with Crippen molar-refractivity contribution in [2.45, 2.75) is 26.1 Å². The number of aromatic nitrogens is 1. The zero-order chi connectivity index (χ0) is 15.7. The predicted octanol–water partition coefficient (Wildman–Crippen LogP) is 3.84. The van der Waals surface area contributed by atoms with Crippen molar-refractivity contribution in [1.29, 1.82) is 0 Å². The maximum Gasteiger partial charge on any atom is 0.175 e. The van der Waals surface area contributed by atoms with Crippen LogP contribution in [0.25, 0.3) is 0 Å². The molecule has 0 bridgehead atoms. The van der Waals surface area contributed by atoms with Crippen LogP contribution in [-0.4, -0.2) is 30.2 Å². The molecule has 0 saturated carbocycles. The molecule has 1 unspecified atom stereocenters. The molecule has 1 atom stereocenters. The Labute approximate surface area is 139 Å². The molecule has 0 radical (unpaired) electrons. The highest BCUT2D eigenvalue weighted by Gasteiger charge is 2.24. The van der Waals surface area contributed by atoms with Gasteiger partial charge in [0.1, 0.15) is 0 Å². The van der Waals surface area contributed by atoms with Crippen LogP contribution in [0.1, 0.15) is 24.2 Å². The van der Waals surface area contributed by atoms with Gasteiger partial charge in [0.15, 0.2) is 11.5 Å². The molecule has 0 N–H and O–H groups in total. The molecular formula is C17H21BrN2O2. The molecule has 0 amide bonds. The van der Waals surface area contributed by atoms with Crippen molar-refractivity contribution in [3.05, 3.63) is 46.2 Å². The SMILES string of the molecule is COc1ccc(CN2CCn3cccc3C2C)c(Br)c1OC. The van der Waals surface area contributed by atoms with E-state index in [1.165, 1.54) is 11.3 Å². The maximum atomic E-state index is 5.47. The van der Waals surface area contributed by atoms with Crippen molar-refractivity contribution in [2.24, 2.45) is 0 Å². The highest BCUT2D eigenvalue weighted by atomic mass is 79.9. The second kappa shape index (κ2) is 6.34. The Morgan fingerprint density at radius 3 is 2.73 bits per heavy atom. The summed E-state index contributed by atoms with van der Waals surface area (Å²) < 4.78 is 14.1. The van der Waals surface area contributed by atoms with E-state index in [2.05, 4.69) is 56.7 Å². The third kappa shape index (κ3) is 2.63. The number of rotatable bonds is 4. The van der Waals surface area contributed by atoms with E-state index in [9.17, 15) is 0 Å². The number of methoxy groups -OCH3 is 2. The van der Waals surface area contributed by atoms with Crippen molar-refractivity contribution in [1.82, 2.24) is 9.47 Å². The van der Waals surface area contributed by atoms with Crippen LogP contribution in [0.4, 0.5) is 0 Å². The summed E-state index contributed by atoms with van der Waals surface area (Å²) in [5.41, 5.74) is 2.59. The van der Waals surface area contributed by atoms with Crippen LogP contribution in [-0.2, 0) is 13.1 Å². The first-order valence-corrected chi connectivity index (χ1v) is 8.23. The van der Waals surface area contributed by atoms with E-state index in [0.29, 0.717) is 6.04 Å². The molecule has 22 heavy (non-hydrogen) atoms. The minimum Gasteiger partial charge on any atom is -0.493 e. The van der Waals surface area contributed by atoms with Gasteiger partial charge < -0.3 is 14.0 Å². The molecule has 2 heterocycles. The molecule has 0 aliphatic carbocycles. The van der Waals surface area contributed by atoms with E-state index in [4.69, 9.17) is 9.47 Å². The number of halogens is 1. The summed E-state index contributed by atoms with van der Waals surface area (Å²) in [5.74, 6) is 1.51. The van der Waals surface area contributed by atoms with E-state index >= 15 is 0 Å². The first-order valence-electron chi connectivity index (χ1n) is 7.44. The minimum absolute atomic E-state index is 0.406. The minimum atomic E-state index is 0.406. The van der Waals surface area contributed by atoms with Crippen LogP contribution in [0.2, 0.25) is 0 Å². The zero-order valence-electron chi connectivity index (χ0n) is 13.2. The van der Waals surface area contributed by atoms with Crippen LogP contribution in [0.15, 0.2) is 34.9 Å². The van der Waals surface area contributed by atoms with Crippen molar-refractivity contribution >= 4 is 15.9 Å². The summed E-state index contributed by atoms with van der Waals surface area (Å²) in [6.07, 6.45) is 2.16. The maximum absolute atomic E-state index is 5.47. The highest BCUT2D eigenvalue weighted by Crippen LogP contribution is 2.39. The van der Waals surface area contributed by atoms with Crippen molar-refractivity contribution in [3.63, 3.8) is 0 Å². The summed E-state index contributed by atoms with van der Waals surface area (Å²) in [4.78, 5) is 2.49. The van der Waals surface area contributed by atoms with E-state index < -0.39 is 0 Å². The smallest absolute Gasteiger partial charge is 0.175 e. The van der Waals surface area contributed by atoms with Crippen LogP contribution < -0.4 is 9.47 Å². The van der Waals surface area contributed by atoms with Gasteiger partial charge in [0.2, 0.25) is 0 Å². The third-order valence-corrected chi connectivity index (χ3v) is 5.28. The zero-order valence-corrected chi connectivity index (χ0v) is 14.8. The van der Waals surface area contributed by atoms with Crippen LogP contribution >= 0.6 is 15.9 Å². The fraction of sp³-hybridized carbons (Fsp3) is 0.412. The number of hydrogen-bond donors (Lipinski definition) is 0. The lowest BCUT2D eigenvalue weighted by Crippen LogP contribution is -2.35. The number of benzene rings is 1. The molecule has 0 spiro atoms. The molecule has 0 saturated heterocycles. The molecule has 5 heteroatoms. The lowest BCUT2D eigenvalue weighted by Gasteiger charge is -2.35. The molecule has 0 fully saturated rings. The van der Waals surface area contributed by atoms with Gasteiger partial charge in [0.25, 0.3) is 0 Å². The van der Waals surface area contributed by atoms with Gasteiger partial charge in [-0.1, -0.05) is 6.07 Å². The van der Waals surface area contributed by atoms with E-state index in [-0.39, 0.29) is 0 Å². The molecular weight excluding hydrogens is 344 g/mol. The Morgan fingerprint density at radius 1 is 1.18 bits per heavy atom. The number of nitrogens with zero attached hydrogens (tertiary/aromatic N) is 2. The number of hydrogen-bond acceptors (Lipinski definition) is 3. The first kappa shape index (κ1) is 15.4. The summed E-state index contributed by atoms with van der Waals surface area (Å²) in [6, 6.07) is 8.81. The molecule has 2 aromatic rings. The fourth-order valence-electron chi connectivity index (χ4n) is 3.11. The predicted molar refractivity (Wildman–Crippen MR) is 90.5 cm³/mol. The highest BCUT2D eigenvalue weighted by molar-refractivity contribution is 9.10. The topological polar surface area (TPSA) is 26.6 Å². The Bertz CT molecular complexity index is 669. The Hall–Kier alpha value is -1.46. The Morgan fingerprint density at radius 2 is 2.00 bits per heavy atom. The molecule has 1 aliphatic rings. The fourth-order valence-corrected chi connectivity index (χ4v) is 3.73. The Balaban J connectivity index is 1.85. The van der Waals surface area contributed by atoms with Crippen molar-refractivity contribution < 1.29 is 9.47 Å². The number of fused-ring (bicyclic) bond motifs is 1. The second-order valence-electron chi connectivity index (χ2n) is 5.55. The van der Waals surface area contributed by atoms with Crippen LogP contribution in [0, 0.1) is 0 Å². The normalized spacial score (nSPS) is 18.1. The molecule has 4 nitrogen and oxygen atoms in total. The van der Waals surface area contributed by atoms with Gasteiger partial charge in [-0.15, -0.1) is 0 Å². The van der Waals surface area contributed by atoms with E-state index in [0.717, 1.165) is 35.6 Å². The van der Waals surface area contributed by atoms with Gasteiger partial charge in [-0.25, -0.2) is 0 Å². The summed E-state index contributed by atoms with van der Waals surface area (Å²) in [5, 5.41) is 0. The van der Waals surface area contributed by atoms with Crippen LogP contribution in [0.5, 0.6) is 11.5 Å². The van der Waals surface area contributed by atoms with Crippen LogP contribution in [0.3, 0.4) is 0 Å². The van der Waals surface area contributed by atoms with Gasteiger partial charge in [0, 0.05) is 37.6 Å². The van der Waals surface area contributed by atoms with Gasteiger partial charge in [-0.2, -0.15) is 0 Å². The van der Waals surface area contributed by atoms with Gasteiger partial charge in [-0.3, -0.25) is 4.90 Å². The molecule has 3 rings (SSSR count). The molecule has 1 aromatic carbocycles. The molecule has 1 aliphatic heterocycles. The van der Waals surface area contributed by atoms with Gasteiger partial charge in [-0.05, 0) is 46.6 Å². The average Bonchev–Trinajstić information content (AvgIpc) is 3.00. The Kier molecular flexibility index (Phi) is 4.45. The van der Waals surface area contributed by atoms with Gasteiger partial charge >= 0.3 is 0 Å². The standard InChI is InChI=1S/C17H21BrN2O2/c1-12-14-5-4-8-19(14)9-10-20(12)11-13-6-7-15(21-2)17(22-3)16(13)18/h4-8,12H,9-11H2,1-3H3. The quantitative estimate of drug-likeness (QED) is 0.824. The van der Waals surface area contributed by atoms with Gasteiger partial charge in [0.05, 0.1) is 18.7 Å². The first-order chi connectivity index (χ1) is 10.7. The monoisotopic (exact) mass is 364 g/mol. The molecule has 118 valence electrons. The van der Waals surface area contributed by atoms with E-state index in [1.807, 2.05) is 6.07 Å². The summed E-state index contributed by atoms with van der Waals surface area (Å²) in [7, 11) is 3.33. The lowest BCUT2D eigenvalue weighted by atomic mass is 10.1. The summed E-state index contributed by atoms with van der Waals surface area (Å²) >= 11 is 3.67. The summed E-state index contributed by atoms with van der Waals surface area (Å²) in [6.45, 7) is 5.23. The largest absolute Gasteiger partial charge is 0.493 e. The van der Waals surface area contributed by atoms with Crippen molar-refractivity contribution in [2.75, 3.05) is 20.8 Å². The third-order valence-electron chi connectivity index (χ3n) is 4.41. The number of ether oxygens (including phenoxy) is 2. The van der Waals surface area contributed by atoms with E-state index in [1.54, 1.807) is 14.2 Å².